The zero-order chi connectivity index (χ0) is 26.9. The van der Waals surface area contributed by atoms with Crippen LogP contribution in [0.4, 0.5) is 11.4 Å². The van der Waals surface area contributed by atoms with E-state index < -0.39 is 21.0 Å². The Kier molecular flexibility index (Phi) is 5.01. The molecule has 192 valence electrons. The maximum absolute atomic E-state index is 6.34. The van der Waals surface area contributed by atoms with Crippen LogP contribution in [0.1, 0.15) is 0 Å². The summed E-state index contributed by atoms with van der Waals surface area (Å²) >= 11 is -0.393. The molecule has 1 aliphatic rings. The van der Waals surface area contributed by atoms with Gasteiger partial charge in [-0.2, -0.15) is 0 Å². The van der Waals surface area contributed by atoms with E-state index in [0.717, 1.165) is 44.4 Å². The molecule has 9 rings (SSSR count). The Bertz CT molecular complexity index is 2430. The minimum atomic E-state index is -0.393. The molecule has 0 fully saturated rings. The van der Waals surface area contributed by atoms with Gasteiger partial charge in [-0.05, 0) is 62.5 Å². The molecule has 0 unspecified atom stereocenters. The van der Waals surface area contributed by atoms with Gasteiger partial charge in [0.15, 0.2) is 0 Å². The molecule has 0 saturated carbocycles. The smallest absolute Gasteiger partial charge is 0.143 e. The fraction of sp³-hybridized carbons (Fsp3) is 0. The van der Waals surface area contributed by atoms with Gasteiger partial charge in [-0.25, -0.2) is 8.14 Å². The average molecular weight is 636 g/mol. The highest BCUT2D eigenvalue weighted by molar-refractivity contribution is 14.2. The molecule has 0 saturated heterocycles. The van der Waals surface area contributed by atoms with Crippen LogP contribution in [0.2, 0.25) is 0 Å². The van der Waals surface area contributed by atoms with Crippen molar-refractivity contribution in [1.82, 2.24) is 0 Å². The van der Waals surface area contributed by atoms with E-state index in [1.54, 1.807) is 0 Å². The van der Waals surface area contributed by atoms with Crippen molar-refractivity contribution in [3.8, 4) is 22.3 Å². The number of rotatable bonds is 2. The maximum atomic E-state index is 6.34. The topological polar surface area (TPSA) is 37.9 Å². The molecule has 7 aromatic carbocycles. The van der Waals surface area contributed by atoms with Crippen molar-refractivity contribution in [2.24, 2.45) is 8.14 Å². The molecule has 41 heavy (non-hydrogen) atoms. The average Bonchev–Trinajstić information content (AvgIpc) is 3.43. The normalized spacial score (nSPS) is 12.9. The second-order valence-corrected chi connectivity index (χ2v) is 12.1. The van der Waals surface area contributed by atoms with Crippen LogP contribution in [-0.2, 0) is 0 Å². The van der Waals surface area contributed by atoms with E-state index in [2.05, 4.69) is 109 Å². The standard InChI is InChI=1S/C37H21IN2O/c1-2-8-30-28(6-1)33-20-24(16-17-31(33)36-35(30)39-21-38-40-36)23-14-12-22-13-15-25(19-26(22)18-23)27-9-5-10-32-29-7-3-4-11-34(29)41-37(27)32/h1-21H. The van der Waals surface area contributed by atoms with Crippen LogP contribution in [0.3, 0.4) is 0 Å². The highest BCUT2D eigenvalue weighted by Crippen LogP contribution is 2.47. The van der Waals surface area contributed by atoms with Gasteiger partial charge in [-0.1, -0.05) is 97.1 Å². The summed E-state index contributed by atoms with van der Waals surface area (Å²) in [5, 5.41) is 9.52. The Morgan fingerprint density at radius 2 is 1.20 bits per heavy atom. The summed E-state index contributed by atoms with van der Waals surface area (Å²) in [6.45, 7) is 0. The number of halogens is 1. The number of hydrogen-bond acceptors (Lipinski definition) is 3. The second-order valence-electron chi connectivity index (χ2n) is 10.5. The van der Waals surface area contributed by atoms with E-state index in [0.29, 0.717) is 0 Å². The molecule has 0 radical (unpaired) electrons. The Labute approximate surface area is 245 Å². The summed E-state index contributed by atoms with van der Waals surface area (Å²) in [4.78, 5) is 4.77. The number of nitrogens with zero attached hydrogens (tertiary/aromatic N) is 2. The van der Waals surface area contributed by atoms with Crippen LogP contribution < -0.4 is 0 Å². The summed E-state index contributed by atoms with van der Waals surface area (Å²) in [5.74, 6) is 0. The van der Waals surface area contributed by atoms with E-state index in [-0.39, 0.29) is 0 Å². The van der Waals surface area contributed by atoms with Crippen LogP contribution in [0.25, 0.3) is 76.5 Å². The minimum absolute atomic E-state index is 0.393. The third-order valence-electron chi connectivity index (χ3n) is 8.22. The molecule has 0 atom stereocenters. The quantitative estimate of drug-likeness (QED) is 0.137. The minimum Gasteiger partial charge on any atom is -0.455 e. The lowest BCUT2D eigenvalue weighted by atomic mass is 9.93. The number of hydrogen-bond donors (Lipinski definition) is 0. The second kappa shape index (κ2) is 8.91. The molecular weight excluding hydrogens is 615 g/mol. The third-order valence-corrected chi connectivity index (χ3v) is 9.50. The summed E-state index contributed by atoms with van der Waals surface area (Å²) in [6.07, 6.45) is 0. The van der Waals surface area contributed by atoms with E-state index in [1.807, 2.05) is 16.4 Å². The highest BCUT2D eigenvalue weighted by Gasteiger charge is 2.16. The van der Waals surface area contributed by atoms with Crippen LogP contribution in [-0.4, -0.2) is 4.22 Å². The van der Waals surface area contributed by atoms with Gasteiger partial charge in [0.25, 0.3) is 0 Å². The summed E-state index contributed by atoms with van der Waals surface area (Å²) in [5.41, 5.74) is 8.57. The van der Waals surface area contributed by atoms with Gasteiger partial charge in [0.2, 0.25) is 0 Å². The van der Waals surface area contributed by atoms with Crippen molar-refractivity contribution >= 4 is 90.9 Å². The number of para-hydroxylation sites is 2. The third kappa shape index (κ3) is 3.54. The predicted octanol–water partition coefficient (Wildman–Crippen LogP) is 11.8. The van der Waals surface area contributed by atoms with Crippen molar-refractivity contribution in [3.63, 3.8) is 0 Å². The zero-order valence-corrected chi connectivity index (χ0v) is 24.0. The first-order valence-corrected chi connectivity index (χ1v) is 15.8. The van der Waals surface area contributed by atoms with Crippen molar-refractivity contribution < 1.29 is 4.42 Å². The molecule has 4 heteroatoms. The predicted molar refractivity (Wildman–Crippen MR) is 181 cm³/mol. The molecule has 0 spiro atoms. The van der Waals surface area contributed by atoms with Crippen molar-refractivity contribution in [2.75, 3.05) is 0 Å². The van der Waals surface area contributed by atoms with E-state index >= 15 is 0 Å². The molecule has 2 heterocycles. The van der Waals surface area contributed by atoms with Crippen LogP contribution >= 0.6 is 21.0 Å². The Hall–Kier alpha value is -4.68. The lowest BCUT2D eigenvalue weighted by Gasteiger charge is -2.14. The first-order valence-electron chi connectivity index (χ1n) is 13.6. The first-order chi connectivity index (χ1) is 20.3. The molecular formula is C37H21IN2O. The van der Waals surface area contributed by atoms with Gasteiger partial charge in [-0.3, -0.25) is 0 Å². The van der Waals surface area contributed by atoms with Gasteiger partial charge in [0.05, 0.1) is 9.91 Å². The summed E-state index contributed by atoms with van der Waals surface area (Å²) in [7, 11) is 0. The molecule has 8 aromatic rings. The van der Waals surface area contributed by atoms with Gasteiger partial charge in [0.1, 0.15) is 16.9 Å². The SMILES string of the molecule is C1=Nc2c(c3ccc(-c4ccc5ccc(-c6cccc7c6oc6ccccc67)cc5c4)cc3c3ccccc23)N=I1. The number of benzene rings is 7. The van der Waals surface area contributed by atoms with Crippen molar-refractivity contribution in [2.45, 2.75) is 0 Å². The van der Waals surface area contributed by atoms with E-state index in [1.165, 1.54) is 43.4 Å². The Balaban J connectivity index is 1.21. The van der Waals surface area contributed by atoms with Gasteiger partial charge < -0.3 is 4.42 Å². The highest BCUT2D eigenvalue weighted by atomic mass is 127. The molecule has 3 nitrogen and oxygen atoms in total. The van der Waals surface area contributed by atoms with Crippen LogP contribution in [0, 0.1) is 0 Å². The first kappa shape index (κ1) is 23.1. The fourth-order valence-corrected chi connectivity index (χ4v) is 7.55. The molecule has 1 aromatic heterocycles. The van der Waals surface area contributed by atoms with Crippen LogP contribution in [0.5, 0.6) is 0 Å². The van der Waals surface area contributed by atoms with Gasteiger partial charge >= 0.3 is 0 Å². The summed E-state index contributed by atoms with van der Waals surface area (Å²) in [6, 6.07) is 43.5. The molecule has 0 aliphatic carbocycles. The largest absolute Gasteiger partial charge is 0.455 e. The lowest BCUT2D eigenvalue weighted by Crippen LogP contribution is -1.86. The number of fused-ring (bicyclic) bond motifs is 10. The van der Waals surface area contributed by atoms with E-state index in [4.69, 9.17) is 12.6 Å². The van der Waals surface area contributed by atoms with Crippen molar-refractivity contribution in [3.05, 3.63) is 121 Å². The maximum Gasteiger partial charge on any atom is 0.143 e. The summed E-state index contributed by atoms with van der Waals surface area (Å²) < 4.78 is 13.3. The van der Waals surface area contributed by atoms with Crippen molar-refractivity contribution in [1.29, 1.82) is 0 Å². The molecule has 0 amide bonds. The molecule has 0 N–H and O–H groups in total. The van der Waals surface area contributed by atoms with Gasteiger partial charge in [-0.15, -0.1) is 0 Å². The Morgan fingerprint density at radius 1 is 0.488 bits per heavy atom. The fourth-order valence-electron chi connectivity index (χ4n) is 6.26. The lowest BCUT2D eigenvalue weighted by molar-refractivity contribution is 0.670. The van der Waals surface area contributed by atoms with Crippen LogP contribution in [0.15, 0.2) is 134 Å². The van der Waals surface area contributed by atoms with Gasteiger partial charge in [0, 0.05) is 48.1 Å². The molecule has 0 bridgehead atoms. The zero-order valence-electron chi connectivity index (χ0n) is 21.8. The monoisotopic (exact) mass is 636 g/mol. The van der Waals surface area contributed by atoms with E-state index in [9.17, 15) is 0 Å². The molecule has 1 aliphatic heterocycles. The Morgan fingerprint density at radius 3 is 2.12 bits per heavy atom. The number of aliphatic imine (C=N–C) groups is 1. The number of furan rings is 1.